The fourth-order valence-corrected chi connectivity index (χ4v) is 4.44. The van der Waals surface area contributed by atoms with Gasteiger partial charge in [-0.2, -0.15) is 18.3 Å². The molecule has 0 unspecified atom stereocenters. The van der Waals surface area contributed by atoms with E-state index >= 15 is 0 Å². The van der Waals surface area contributed by atoms with Gasteiger partial charge >= 0.3 is 12.1 Å². The monoisotopic (exact) mass is 529 g/mol. The number of anilines is 1. The fraction of sp³-hybridized carbons (Fsp3) is 0.161. The number of ether oxygens (including phenoxy) is 1. The number of esters is 1. The Kier molecular flexibility index (Phi) is 7.36. The zero-order valence-corrected chi connectivity index (χ0v) is 21.2. The first kappa shape index (κ1) is 26.0. The minimum absolute atomic E-state index is 0.0599. The summed E-state index contributed by atoms with van der Waals surface area (Å²) in [5, 5.41) is 8.25. The van der Waals surface area contributed by atoms with E-state index in [2.05, 4.69) is 10.4 Å². The van der Waals surface area contributed by atoms with Gasteiger partial charge in [0, 0.05) is 30.1 Å². The first-order chi connectivity index (χ1) is 18.8. The quantitative estimate of drug-likeness (QED) is 0.212. The molecule has 0 aliphatic rings. The standard InChI is InChI=1S/C31H26F3N3O2/c1-21(38)39-20-24-12-10-22(11-13-24)18-35-26-16-14-25(15-17-26)30-27-8-5-9-28(31(32,33)34)29(27)36-37(30)19-23-6-3-2-4-7-23/h2-17,35H,18-20H2,1H3. The fourth-order valence-electron chi connectivity index (χ4n) is 4.44. The average Bonchev–Trinajstić information content (AvgIpc) is 3.29. The molecule has 8 heteroatoms. The highest BCUT2D eigenvalue weighted by atomic mass is 19.4. The first-order valence-corrected chi connectivity index (χ1v) is 12.4. The van der Waals surface area contributed by atoms with Crippen LogP contribution in [0.4, 0.5) is 18.9 Å². The van der Waals surface area contributed by atoms with Crippen LogP contribution in [0.15, 0.2) is 97.1 Å². The zero-order valence-electron chi connectivity index (χ0n) is 21.2. The Balaban J connectivity index is 1.40. The van der Waals surface area contributed by atoms with Crippen molar-refractivity contribution in [1.82, 2.24) is 9.78 Å². The SMILES string of the molecule is CC(=O)OCc1ccc(CNc2ccc(-c3c4cccc(C(F)(F)F)c4nn3Cc3ccccc3)cc2)cc1. The molecule has 0 atom stereocenters. The maximum atomic E-state index is 13.8. The van der Waals surface area contributed by atoms with Crippen LogP contribution >= 0.6 is 0 Å². The van der Waals surface area contributed by atoms with E-state index < -0.39 is 11.7 Å². The number of carbonyl (C=O) groups excluding carboxylic acids is 1. The van der Waals surface area contributed by atoms with Gasteiger partial charge in [0.2, 0.25) is 0 Å². The summed E-state index contributed by atoms with van der Waals surface area (Å²) in [5.74, 6) is -0.318. The molecule has 0 bridgehead atoms. The van der Waals surface area contributed by atoms with Gasteiger partial charge in [0.25, 0.3) is 0 Å². The Hall–Kier alpha value is -4.59. The van der Waals surface area contributed by atoms with Crippen LogP contribution in [0.1, 0.15) is 29.2 Å². The van der Waals surface area contributed by atoms with Gasteiger partial charge in [0.1, 0.15) is 12.1 Å². The van der Waals surface area contributed by atoms with E-state index in [4.69, 9.17) is 4.74 Å². The number of rotatable bonds is 8. The largest absolute Gasteiger partial charge is 0.461 e. The minimum Gasteiger partial charge on any atom is -0.461 e. The van der Waals surface area contributed by atoms with Gasteiger partial charge < -0.3 is 10.1 Å². The van der Waals surface area contributed by atoms with Gasteiger partial charge in [-0.15, -0.1) is 0 Å². The summed E-state index contributed by atoms with van der Waals surface area (Å²) in [6.07, 6.45) is -4.50. The predicted molar refractivity (Wildman–Crippen MR) is 145 cm³/mol. The number of nitrogens with one attached hydrogen (secondary N) is 1. The molecule has 0 saturated heterocycles. The molecule has 0 fully saturated rings. The van der Waals surface area contributed by atoms with Crippen molar-refractivity contribution >= 4 is 22.6 Å². The summed E-state index contributed by atoms with van der Waals surface area (Å²) in [7, 11) is 0. The van der Waals surface area contributed by atoms with Crippen molar-refractivity contribution in [2.75, 3.05) is 5.32 Å². The van der Waals surface area contributed by atoms with Crippen LogP contribution in [0, 0.1) is 0 Å². The normalized spacial score (nSPS) is 11.5. The molecule has 5 aromatic rings. The third-order valence-electron chi connectivity index (χ3n) is 6.37. The number of halogens is 3. The van der Waals surface area contributed by atoms with E-state index in [9.17, 15) is 18.0 Å². The highest BCUT2D eigenvalue weighted by Gasteiger charge is 2.34. The lowest BCUT2D eigenvalue weighted by molar-refractivity contribution is -0.142. The molecule has 5 rings (SSSR count). The molecule has 1 N–H and O–H groups in total. The number of hydrogen-bond donors (Lipinski definition) is 1. The van der Waals surface area contributed by atoms with Gasteiger partial charge in [-0.25, -0.2) is 0 Å². The second-order valence-electron chi connectivity index (χ2n) is 9.22. The number of carbonyl (C=O) groups is 1. The summed E-state index contributed by atoms with van der Waals surface area (Å²) in [6, 6.07) is 29.1. The summed E-state index contributed by atoms with van der Waals surface area (Å²) >= 11 is 0. The number of aromatic nitrogens is 2. The van der Waals surface area contributed by atoms with Crippen LogP contribution in [-0.4, -0.2) is 15.7 Å². The van der Waals surface area contributed by atoms with Crippen LogP contribution in [0.25, 0.3) is 22.2 Å². The van der Waals surface area contributed by atoms with E-state index in [-0.39, 0.29) is 18.1 Å². The minimum atomic E-state index is -4.50. The number of hydrogen-bond acceptors (Lipinski definition) is 4. The van der Waals surface area contributed by atoms with Crippen molar-refractivity contribution in [3.05, 3.63) is 119 Å². The van der Waals surface area contributed by atoms with Crippen molar-refractivity contribution in [3.8, 4) is 11.3 Å². The molecule has 0 radical (unpaired) electrons. The van der Waals surface area contributed by atoms with E-state index in [1.165, 1.54) is 13.0 Å². The van der Waals surface area contributed by atoms with Crippen molar-refractivity contribution in [2.24, 2.45) is 0 Å². The van der Waals surface area contributed by atoms with Gasteiger partial charge in [-0.3, -0.25) is 9.48 Å². The first-order valence-electron chi connectivity index (χ1n) is 12.4. The molecule has 0 amide bonds. The van der Waals surface area contributed by atoms with Crippen molar-refractivity contribution < 1.29 is 22.7 Å². The smallest absolute Gasteiger partial charge is 0.418 e. The molecule has 4 aromatic carbocycles. The van der Waals surface area contributed by atoms with Crippen LogP contribution in [-0.2, 0) is 35.4 Å². The Labute approximate surface area is 223 Å². The lowest BCUT2D eigenvalue weighted by Gasteiger charge is -2.11. The molecule has 198 valence electrons. The summed E-state index contributed by atoms with van der Waals surface area (Å²) in [6.45, 7) is 2.54. The lowest BCUT2D eigenvalue weighted by atomic mass is 10.0. The van der Waals surface area contributed by atoms with Crippen molar-refractivity contribution in [2.45, 2.75) is 32.8 Å². The van der Waals surface area contributed by atoms with Gasteiger partial charge in [-0.05, 0) is 34.9 Å². The summed E-state index contributed by atoms with van der Waals surface area (Å²) in [4.78, 5) is 11.0. The van der Waals surface area contributed by atoms with E-state index in [1.807, 2.05) is 78.9 Å². The lowest BCUT2D eigenvalue weighted by Crippen LogP contribution is -2.06. The number of alkyl halides is 3. The molecule has 5 nitrogen and oxygen atoms in total. The van der Waals surface area contributed by atoms with Crippen LogP contribution in [0.2, 0.25) is 0 Å². The topological polar surface area (TPSA) is 56.1 Å². The molecule has 0 spiro atoms. The zero-order chi connectivity index (χ0) is 27.4. The van der Waals surface area contributed by atoms with Crippen LogP contribution < -0.4 is 5.32 Å². The molecular weight excluding hydrogens is 503 g/mol. The Morgan fingerprint density at radius 1 is 0.846 bits per heavy atom. The second-order valence-corrected chi connectivity index (χ2v) is 9.22. The Morgan fingerprint density at radius 2 is 1.54 bits per heavy atom. The summed E-state index contributed by atoms with van der Waals surface area (Å²) in [5.41, 5.74) is 4.38. The number of fused-ring (bicyclic) bond motifs is 1. The number of benzene rings is 4. The van der Waals surface area contributed by atoms with Gasteiger partial charge in [-0.1, -0.05) is 78.9 Å². The van der Waals surface area contributed by atoms with Crippen LogP contribution in [0.5, 0.6) is 0 Å². The highest BCUT2D eigenvalue weighted by Crippen LogP contribution is 2.38. The number of nitrogens with zero attached hydrogens (tertiary/aromatic N) is 2. The third-order valence-corrected chi connectivity index (χ3v) is 6.37. The molecule has 1 heterocycles. The molecule has 0 aliphatic carbocycles. The maximum absolute atomic E-state index is 13.8. The van der Waals surface area contributed by atoms with Crippen molar-refractivity contribution in [1.29, 1.82) is 0 Å². The second kappa shape index (κ2) is 11.0. The average molecular weight is 530 g/mol. The van der Waals surface area contributed by atoms with E-state index in [1.54, 1.807) is 10.7 Å². The molecule has 0 saturated carbocycles. The molecule has 0 aliphatic heterocycles. The van der Waals surface area contributed by atoms with Gasteiger partial charge in [0.15, 0.2) is 0 Å². The highest BCUT2D eigenvalue weighted by molar-refractivity contribution is 5.95. The summed E-state index contributed by atoms with van der Waals surface area (Å²) < 4.78 is 48.0. The van der Waals surface area contributed by atoms with E-state index in [0.717, 1.165) is 34.0 Å². The molecular formula is C31H26F3N3O2. The van der Waals surface area contributed by atoms with Crippen molar-refractivity contribution in [3.63, 3.8) is 0 Å². The van der Waals surface area contributed by atoms with Crippen LogP contribution in [0.3, 0.4) is 0 Å². The van der Waals surface area contributed by atoms with Gasteiger partial charge in [0.05, 0.1) is 17.8 Å². The molecule has 1 aromatic heterocycles. The predicted octanol–water partition coefficient (Wildman–Crippen LogP) is 7.45. The maximum Gasteiger partial charge on any atom is 0.418 e. The Morgan fingerprint density at radius 3 is 2.21 bits per heavy atom. The Bertz CT molecular complexity index is 1580. The van der Waals surface area contributed by atoms with E-state index in [0.29, 0.717) is 24.2 Å². The molecule has 39 heavy (non-hydrogen) atoms. The third kappa shape index (κ3) is 6.12.